The van der Waals surface area contributed by atoms with Gasteiger partial charge < -0.3 is 10.4 Å². The van der Waals surface area contributed by atoms with Crippen LogP contribution in [0.3, 0.4) is 0 Å². The fraction of sp³-hybridized carbons (Fsp3) is 0.111. The van der Waals surface area contributed by atoms with Gasteiger partial charge in [0.1, 0.15) is 4.88 Å². The molecule has 1 aromatic heterocycles. The van der Waals surface area contributed by atoms with Crippen molar-refractivity contribution in [2.75, 3.05) is 6.54 Å². The zero-order valence-electron chi connectivity index (χ0n) is 12.9. The van der Waals surface area contributed by atoms with Crippen LogP contribution in [0, 0.1) is 0 Å². The highest BCUT2D eigenvalue weighted by atomic mass is 35.5. The molecule has 0 unspecified atom stereocenters. The van der Waals surface area contributed by atoms with Crippen LogP contribution < -0.4 is 5.32 Å². The molecule has 0 aliphatic heterocycles. The first kappa shape index (κ1) is 17.7. The molecule has 0 atom stereocenters. The zero-order valence-corrected chi connectivity index (χ0v) is 15.2. The molecule has 0 saturated heterocycles. The van der Waals surface area contributed by atoms with Gasteiger partial charge in [-0.1, -0.05) is 41.4 Å². The molecule has 3 rings (SSSR count). The second-order valence-electron chi connectivity index (χ2n) is 5.39. The van der Waals surface area contributed by atoms with E-state index in [9.17, 15) is 9.59 Å². The summed E-state index contributed by atoms with van der Waals surface area (Å²) in [5, 5.41) is 13.6. The molecule has 1 amide bonds. The van der Waals surface area contributed by atoms with Crippen LogP contribution in [0.4, 0.5) is 0 Å². The number of hydrogen-bond acceptors (Lipinski definition) is 3. The van der Waals surface area contributed by atoms with Crippen LogP contribution in [-0.2, 0) is 6.42 Å². The van der Waals surface area contributed by atoms with Crippen molar-refractivity contribution in [2.45, 2.75) is 6.42 Å². The predicted molar refractivity (Wildman–Crippen MR) is 101 cm³/mol. The van der Waals surface area contributed by atoms with Gasteiger partial charge in [0, 0.05) is 21.7 Å². The van der Waals surface area contributed by atoms with Crippen LogP contribution >= 0.6 is 34.5 Å². The minimum absolute atomic E-state index is 0.232. The molecule has 0 aliphatic carbocycles. The summed E-state index contributed by atoms with van der Waals surface area (Å²) in [4.78, 5) is 23.6. The minimum atomic E-state index is -0.959. The van der Waals surface area contributed by atoms with Crippen molar-refractivity contribution in [1.82, 2.24) is 5.32 Å². The molecule has 25 heavy (non-hydrogen) atoms. The first-order valence-corrected chi connectivity index (χ1v) is 9.01. The molecule has 128 valence electrons. The molecular formula is C18H13Cl2NO3S. The Bertz CT molecular complexity index is 951. The maximum atomic E-state index is 12.4. The Morgan fingerprint density at radius 3 is 2.48 bits per heavy atom. The van der Waals surface area contributed by atoms with Gasteiger partial charge in [-0.2, -0.15) is 0 Å². The molecule has 4 nitrogen and oxygen atoms in total. The lowest BCUT2D eigenvalue weighted by Gasteiger charge is -2.05. The van der Waals surface area contributed by atoms with Gasteiger partial charge in [-0.3, -0.25) is 4.79 Å². The van der Waals surface area contributed by atoms with E-state index in [1.165, 1.54) is 11.3 Å². The molecular weight excluding hydrogens is 381 g/mol. The van der Waals surface area contributed by atoms with Gasteiger partial charge in [0.2, 0.25) is 0 Å². The van der Waals surface area contributed by atoms with E-state index in [1.807, 2.05) is 0 Å². The van der Waals surface area contributed by atoms with E-state index in [0.29, 0.717) is 27.9 Å². The predicted octanol–water partition coefficient (Wildman–Crippen LogP) is 4.88. The third kappa shape index (κ3) is 3.95. The van der Waals surface area contributed by atoms with Crippen LogP contribution in [0.2, 0.25) is 10.0 Å². The maximum absolute atomic E-state index is 12.4. The topological polar surface area (TPSA) is 66.4 Å². The molecule has 0 bridgehead atoms. The normalized spacial score (nSPS) is 10.8. The second kappa shape index (κ2) is 7.44. The van der Waals surface area contributed by atoms with Crippen molar-refractivity contribution in [2.24, 2.45) is 0 Å². The Morgan fingerprint density at radius 2 is 1.80 bits per heavy atom. The summed E-state index contributed by atoms with van der Waals surface area (Å²) in [5.41, 5.74) is 1.18. The summed E-state index contributed by atoms with van der Waals surface area (Å²) in [6.45, 7) is 0.427. The van der Waals surface area contributed by atoms with Gasteiger partial charge in [0.15, 0.2) is 0 Å². The van der Waals surface area contributed by atoms with E-state index in [-0.39, 0.29) is 11.5 Å². The molecule has 0 radical (unpaired) electrons. The summed E-state index contributed by atoms with van der Waals surface area (Å²) in [7, 11) is 0. The summed E-state index contributed by atoms with van der Waals surface area (Å²) in [6, 6.07) is 11.9. The Labute approximate surface area is 158 Å². The lowest BCUT2D eigenvalue weighted by Crippen LogP contribution is -2.25. The van der Waals surface area contributed by atoms with E-state index < -0.39 is 5.97 Å². The van der Waals surface area contributed by atoms with E-state index in [1.54, 1.807) is 42.5 Å². The number of amides is 1. The first-order chi connectivity index (χ1) is 12.0. The molecule has 0 saturated carbocycles. The summed E-state index contributed by atoms with van der Waals surface area (Å²) >= 11 is 13.6. The quantitative estimate of drug-likeness (QED) is 0.648. The van der Waals surface area contributed by atoms with Gasteiger partial charge in [-0.05, 0) is 36.2 Å². The molecule has 3 aromatic rings. The molecule has 0 spiro atoms. The van der Waals surface area contributed by atoms with Gasteiger partial charge in [0.05, 0.1) is 10.6 Å². The number of halogens is 2. The molecule has 2 N–H and O–H groups in total. The standard InChI is InChI=1S/C18H13Cl2NO3S/c19-12-5-6-13-14(9-12)25-16(15(13)20)17(22)21-8-7-10-1-3-11(4-2-10)18(23)24/h1-6,9H,7-8H2,(H,21,22)(H,23,24). The second-order valence-corrected chi connectivity index (χ2v) is 7.26. The van der Waals surface area contributed by atoms with Crippen LogP contribution in [0.15, 0.2) is 42.5 Å². The van der Waals surface area contributed by atoms with Crippen molar-refractivity contribution in [1.29, 1.82) is 0 Å². The summed E-state index contributed by atoms with van der Waals surface area (Å²) in [5.74, 6) is -1.19. The lowest BCUT2D eigenvalue weighted by molar-refractivity contribution is 0.0696. The number of carboxylic acids is 1. The summed E-state index contributed by atoms with van der Waals surface area (Å²) in [6.07, 6.45) is 0.597. The number of carboxylic acid groups (broad SMARTS) is 1. The maximum Gasteiger partial charge on any atom is 0.335 e. The SMILES string of the molecule is O=C(O)c1ccc(CCNC(=O)c2sc3cc(Cl)ccc3c2Cl)cc1. The van der Waals surface area contributed by atoms with Crippen LogP contribution in [-0.4, -0.2) is 23.5 Å². The fourth-order valence-corrected chi connectivity index (χ4v) is 4.11. The Balaban J connectivity index is 1.64. The molecule has 2 aromatic carbocycles. The molecule has 0 aliphatic rings. The number of fused-ring (bicyclic) bond motifs is 1. The monoisotopic (exact) mass is 393 g/mol. The van der Waals surface area contributed by atoms with E-state index >= 15 is 0 Å². The van der Waals surface area contributed by atoms with Gasteiger partial charge in [-0.15, -0.1) is 11.3 Å². The van der Waals surface area contributed by atoms with Crippen LogP contribution in [0.1, 0.15) is 25.6 Å². The first-order valence-electron chi connectivity index (χ1n) is 7.43. The van der Waals surface area contributed by atoms with Gasteiger partial charge >= 0.3 is 5.97 Å². The largest absolute Gasteiger partial charge is 0.478 e. The third-order valence-electron chi connectivity index (χ3n) is 3.70. The number of benzene rings is 2. The lowest BCUT2D eigenvalue weighted by atomic mass is 10.1. The molecule has 7 heteroatoms. The Kier molecular flexibility index (Phi) is 5.27. The van der Waals surface area contributed by atoms with E-state index in [2.05, 4.69) is 5.32 Å². The minimum Gasteiger partial charge on any atom is -0.478 e. The highest BCUT2D eigenvalue weighted by Crippen LogP contribution is 2.36. The average molecular weight is 394 g/mol. The van der Waals surface area contributed by atoms with Crippen molar-refractivity contribution >= 4 is 56.5 Å². The molecule has 1 heterocycles. The Hall–Kier alpha value is -2.08. The fourth-order valence-electron chi connectivity index (χ4n) is 2.40. The number of nitrogens with one attached hydrogen (secondary N) is 1. The third-order valence-corrected chi connectivity index (χ3v) is 5.59. The number of aromatic carboxylic acids is 1. The van der Waals surface area contributed by atoms with Crippen LogP contribution in [0.25, 0.3) is 10.1 Å². The zero-order chi connectivity index (χ0) is 18.0. The van der Waals surface area contributed by atoms with Crippen molar-refractivity contribution in [3.63, 3.8) is 0 Å². The van der Waals surface area contributed by atoms with E-state index in [4.69, 9.17) is 28.3 Å². The van der Waals surface area contributed by atoms with E-state index in [0.717, 1.165) is 15.6 Å². The highest BCUT2D eigenvalue weighted by molar-refractivity contribution is 7.21. The van der Waals surface area contributed by atoms with Gasteiger partial charge in [0.25, 0.3) is 5.91 Å². The smallest absolute Gasteiger partial charge is 0.335 e. The van der Waals surface area contributed by atoms with Gasteiger partial charge in [-0.25, -0.2) is 4.79 Å². The highest BCUT2D eigenvalue weighted by Gasteiger charge is 2.17. The number of carbonyl (C=O) groups excluding carboxylic acids is 1. The number of hydrogen-bond donors (Lipinski definition) is 2. The molecule has 0 fully saturated rings. The summed E-state index contributed by atoms with van der Waals surface area (Å²) < 4.78 is 0.868. The van der Waals surface area contributed by atoms with Crippen LogP contribution in [0.5, 0.6) is 0 Å². The van der Waals surface area contributed by atoms with Crippen molar-refractivity contribution in [3.05, 3.63) is 68.5 Å². The number of rotatable bonds is 5. The average Bonchev–Trinajstić information content (AvgIpc) is 2.91. The number of thiophene rings is 1. The van der Waals surface area contributed by atoms with Crippen molar-refractivity contribution in [3.8, 4) is 0 Å². The van der Waals surface area contributed by atoms with Crippen molar-refractivity contribution < 1.29 is 14.7 Å². The Morgan fingerprint density at radius 1 is 1.08 bits per heavy atom. The number of carbonyl (C=O) groups is 2.